The van der Waals surface area contributed by atoms with Crippen LogP contribution in [-0.2, 0) is 4.79 Å². The highest BCUT2D eigenvalue weighted by molar-refractivity contribution is 6.27. The third-order valence-electron chi connectivity index (χ3n) is 3.13. The Morgan fingerprint density at radius 1 is 1.55 bits per heavy atom. The third-order valence-corrected chi connectivity index (χ3v) is 3.36. The standard InChI is InChI=1S/C13H16ClN3O3/c14-7-12(18)17-5-1-2-10(8-17)20-9-3-4-16-11(6-9)13(15)19/h3-4,6,10H,1-2,5,7-8H2,(H2,15,19). The Bertz CT molecular complexity index is 509. The Kier molecular flexibility index (Phi) is 4.79. The molecule has 0 saturated carbocycles. The summed E-state index contributed by atoms with van der Waals surface area (Å²) in [7, 11) is 0. The van der Waals surface area contributed by atoms with Crippen molar-refractivity contribution in [2.75, 3.05) is 19.0 Å². The van der Waals surface area contributed by atoms with E-state index >= 15 is 0 Å². The summed E-state index contributed by atoms with van der Waals surface area (Å²) in [5.41, 5.74) is 5.33. The molecule has 6 nitrogen and oxygen atoms in total. The number of hydrogen-bond acceptors (Lipinski definition) is 4. The molecule has 20 heavy (non-hydrogen) atoms. The molecular weight excluding hydrogens is 282 g/mol. The van der Waals surface area contributed by atoms with Crippen LogP contribution in [0.25, 0.3) is 0 Å². The first-order valence-corrected chi connectivity index (χ1v) is 6.90. The lowest BCUT2D eigenvalue weighted by molar-refractivity contribution is -0.131. The number of nitrogens with two attached hydrogens (primary N) is 1. The summed E-state index contributed by atoms with van der Waals surface area (Å²) in [6, 6.07) is 3.17. The molecule has 1 atom stereocenters. The highest BCUT2D eigenvalue weighted by Crippen LogP contribution is 2.19. The van der Waals surface area contributed by atoms with E-state index in [1.54, 1.807) is 11.0 Å². The van der Waals surface area contributed by atoms with Gasteiger partial charge in [0.1, 0.15) is 23.4 Å². The second-order valence-corrected chi connectivity index (χ2v) is 4.86. The number of ether oxygens (including phenoxy) is 1. The molecule has 0 aliphatic carbocycles. The van der Waals surface area contributed by atoms with E-state index in [1.165, 1.54) is 12.3 Å². The molecule has 2 amide bonds. The number of carbonyl (C=O) groups excluding carboxylic acids is 2. The van der Waals surface area contributed by atoms with Crippen LogP contribution in [0.2, 0.25) is 0 Å². The third kappa shape index (κ3) is 3.60. The van der Waals surface area contributed by atoms with Crippen molar-refractivity contribution in [1.29, 1.82) is 0 Å². The number of alkyl halides is 1. The van der Waals surface area contributed by atoms with Crippen LogP contribution >= 0.6 is 11.6 Å². The zero-order valence-corrected chi connectivity index (χ0v) is 11.7. The Balaban J connectivity index is 2.00. The number of nitrogens with zero attached hydrogens (tertiary/aromatic N) is 2. The molecule has 1 aromatic heterocycles. The highest BCUT2D eigenvalue weighted by Gasteiger charge is 2.24. The fourth-order valence-electron chi connectivity index (χ4n) is 2.16. The highest BCUT2D eigenvalue weighted by atomic mass is 35.5. The van der Waals surface area contributed by atoms with E-state index in [0.29, 0.717) is 18.8 Å². The van der Waals surface area contributed by atoms with Crippen molar-refractivity contribution in [2.45, 2.75) is 18.9 Å². The van der Waals surface area contributed by atoms with Crippen molar-refractivity contribution in [3.63, 3.8) is 0 Å². The molecule has 1 unspecified atom stereocenters. The minimum absolute atomic E-state index is 0.0200. The van der Waals surface area contributed by atoms with Crippen molar-refractivity contribution in [2.24, 2.45) is 5.73 Å². The lowest BCUT2D eigenvalue weighted by Crippen LogP contribution is -2.44. The first-order valence-electron chi connectivity index (χ1n) is 6.36. The number of rotatable bonds is 4. The fraction of sp³-hybridized carbons (Fsp3) is 0.462. The van der Waals surface area contributed by atoms with Gasteiger partial charge in [0.15, 0.2) is 0 Å². The number of carbonyl (C=O) groups is 2. The van der Waals surface area contributed by atoms with Crippen molar-refractivity contribution in [3.05, 3.63) is 24.0 Å². The molecule has 0 radical (unpaired) electrons. The van der Waals surface area contributed by atoms with Gasteiger partial charge in [-0.1, -0.05) is 0 Å². The molecule has 108 valence electrons. The van der Waals surface area contributed by atoms with Crippen LogP contribution in [0.15, 0.2) is 18.3 Å². The SMILES string of the molecule is NC(=O)c1cc(OC2CCCN(C(=O)CCl)C2)ccn1. The molecular formula is C13H16ClN3O3. The quantitative estimate of drug-likeness (QED) is 0.833. The average Bonchev–Trinajstić information content (AvgIpc) is 2.47. The van der Waals surface area contributed by atoms with Crippen LogP contribution < -0.4 is 10.5 Å². The number of likely N-dealkylation sites (tertiary alicyclic amines) is 1. The molecule has 1 fully saturated rings. The van der Waals surface area contributed by atoms with Crippen LogP contribution in [0.5, 0.6) is 5.75 Å². The van der Waals surface area contributed by atoms with Gasteiger partial charge < -0.3 is 15.4 Å². The zero-order valence-electron chi connectivity index (χ0n) is 10.9. The van der Waals surface area contributed by atoms with Gasteiger partial charge in [-0.3, -0.25) is 14.6 Å². The largest absolute Gasteiger partial charge is 0.488 e. The van der Waals surface area contributed by atoms with Crippen LogP contribution in [0.3, 0.4) is 0 Å². The van der Waals surface area contributed by atoms with Crippen LogP contribution in [0, 0.1) is 0 Å². The maximum Gasteiger partial charge on any atom is 0.267 e. The van der Waals surface area contributed by atoms with E-state index in [9.17, 15) is 9.59 Å². The monoisotopic (exact) mass is 297 g/mol. The molecule has 1 aliphatic rings. The molecule has 0 bridgehead atoms. The number of aromatic nitrogens is 1. The topological polar surface area (TPSA) is 85.5 Å². The number of pyridine rings is 1. The normalized spacial score (nSPS) is 18.6. The Hall–Kier alpha value is -1.82. The molecule has 2 heterocycles. The number of primary amides is 1. The first-order chi connectivity index (χ1) is 9.60. The van der Waals surface area contributed by atoms with E-state index < -0.39 is 5.91 Å². The maximum atomic E-state index is 11.6. The Morgan fingerprint density at radius 3 is 3.05 bits per heavy atom. The molecule has 0 aromatic carbocycles. The summed E-state index contributed by atoms with van der Waals surface area (Å²) in [4.78, 5) is 28.2. The van der Waals surface area contributed by atoms with Crippen molar-refractivity contribution < 1.29 is 14.3 Å². The molecule has 1 aliphatic heterocycles. The molecule has 2 rings (SSSR count). The van der Waals surface area contributed by atoms with Gasteiger partial charge in [0.25, 0.3) is 5.91 Å². The summed E-state index contributed by atoms with van der Waals surface area (Å²) in [6.07, 6.45) is 3.07. The van der Waals surface area contributed by atoms with E-state index in [4.69, 9.17) is 22.1 Å². The summed E-state index contributed by atoms with van der Waals surface area (Å²) < 4.78 is 5.79. The van der Waals surface area contributed by atoms with Crippen LogP contribution in [0.4, 0.5) is 0 Å². The number of hydrogen-bond donors (Lipinski definition) is 1. The van der Waals surface area contributed by atoms with E-state index in [0.717, 1.165) is 12.8 Å². The summed E-state index contributed by atoms with van der Waals surface area (Å²) >= 11 is 5.56. The average molecular weight is 298 g/mol. The summed E-state index contributed by atoms with van der Waals surface area (Å²) in [6.45, 7) is 1.20. The van der Waals surface area contributed by atoms with Crippen molar-refractivity contribution in [3.8, 4) is 5.75 Å². The van der Waals surface area contributed by atoms with Gasteiger partial charge in [-0.25, -0.2) is 0 Å². The van der Waals surface area contributed by atoms with E-state index in [2.05, 4.69) is 4.98 Å². The van der Waals surface area contributed by atoms with E-state index in [-0.39, 0.29) is 23.6 Å². The van der Waals surface area contributed by atoms with Crippen LogP contribution in [-0.4, -0.2) is 46.8 Å². The zero-order chi connectivity index (χ0) is 14.5. The summed E-state index contributed by atoms with van der Waals surface area (Å²) in [5, 5.41) is 0. The van der Waals surface area contributed by atoms with Gasteiger partial charge in [0.05, 0.1) is 6.54 Å². The lowest BCUT2D eigenvalue weighted by Gasteiger charge is -2.32. The maximum absolute atomic E-state index is 11.6. The second-order valence-electron chi connectivity index (χ2n) is 4.60. The molecule has 7 heteroatoms. The minimum atomic E-state index is -0.599. The van der Waals surface area contributed by atoms with Crippen molar-refractivity contribution >= 4 is 23.4 Å². The summed E-state index contributed by atoms with van der Waals surface area (Å²) in [5.74, 6) is -0.183. The minimum Gasteiger partial charge on any atom is -0.488 e. The van der Waals surface area contributed by atoms with Gasteiger partial charge in [0.2, 0.25) is 5.91 Å². The number of piperidine rings is 1. The number of halogens is 1. The van der Waals surface area contributed by atoms with Gasteiger partial charge in [-0.15, -0.1) is 11.6 Å². The van der Waals surface area contributed by atoms with Gasteiger partial charge in [-0.2, -0.15) is 0 Å². The van der Waals surface area contributed by atoms with Crippen molar-refractivity contribution in [1.82, 2.24) is 9.88 Å². The smallest absolute Gasteiger partial charge is 0.267 e. The lowest BCUT2D eigenvalue weighted by atomic mass is 10.1. The van der Waals surface area contributed by atoms with Gasteiger partial charge in [-0.05, 0) is 18.9 Å². The molecule has 1 aromatic rings. The van der Waals surface area contributed by atoms with Crippen LogP contribution in [0.1, 0.15) is 23.3 Å². The molecule has 2 N–H and O–H groups in total. The molecule has 0 spiro atoms. The predicted molar refractivity (Wildman–Crippen MR) is 73.7 cm³/mol. The second kappa shape index (κ2) is 6.56. The van der Waals surface area contributed by atoms with Gasteiger partial charge >= 0.3 is 0 Å². The first kappa shape index (κ1) is 14.6. The van der Waals surface area contributed by atoms with Gasteiger partial charge in [0, 0.05) is 18.8 Å². The predicted octanol–water partition coefficient (Wildman–Crippen LogP) is 0.789. The Morgan fingerprint density at radius 2 is 2.35 bits per heavy atom. The Labute approximate surface area is 121 Å². The van der Waals surface area contributed by atoms with E-state index in [1.807, 2.05) is 0 Å². The molecule has 1 saturated heterocycles. The number of amides is 2. The fourth-order valence-corrected chi connectivity index (χ4v) is 2.33.